The summed E-state index contributed by atoms with van der Waals surface area (Å²) < 4.78 is 4.84. The van der Waals surface area contributed by atoms with Gasteiger partial charge in [-0.2, -0.15) is 0 Å². The first kappa shape index (κ1) is 26.1. The largest absolute Gasteiger partial charge is 0.310 e. The lowest BCUT2D eigenvalue weighted by Crippen LogP contribution is -2.02. The number of benzene rings is 5. The van der Waals surface area contributed by atoms with Gasteiger partial charge in [-0.15, -0.1) is 0 Å². The summed E-state index contributed by atoms with van der Waals surface area (Å²) in [5.74, 6) is 0. The molecule has 2 heteroatoms. The van der Waals surface area contributed by atoms with E-state index in [1.54, 1.807) is 11.1 Å². The molecule has 2 aliphatic rings. The van der Waals surface area contributed by atoms with Crippen molar-refractivity contribution >= 4 is 34.0 Å². The van der Waals surface area contributed by atoms with Crippen LogP contribution in [0.15, 0.2) is 133 Å². The fourth-order valence-corrected chi connectivity index (χ4v) is 7.56. The fraction of sp³-hybridized carbons (Fsp3) is 0.116. The van der Waals surface area contributed by atoms with Crippen LogP contribution in [-0.4, -0.2) is 9.13 Å². The monoisotopic (exact) mass is 578 g/mol. The molecule has 2 aromatic heterocycles. The number of fused-ring (bicyclic) bond motifs is 6. The standard InChI is InChI=1S/C43H34N2/c1-5-13-40-36(9-1)37-10-2-6-14-41(37)44(40)34-25-19-31(20-26-34)29-30-17-21-32(22-18-30)33-23-27-35(28-24-33)45-42-15-7-3-11-38(42)39-12-4-8-16-43(39)45/h1-2,5-10,13-28H,3-4,11-12,29H2. The third-order valence-electron chi connectivity index (χ3n) is 9.73. The zero-order valence-corrected chi connectivity index (χ0v) is 25.3. The molecular formula is C43H34N2. The van der Waals surface area contributed by atoms with Crippen molar-refractivity contribution < 1.29 is 0 Å². The molecule has 0 fully saturated rings. The van der Waals surface area contributed by atoms with E-state index in [0.717, 1.165) is 32.1 Å². The number of hydrogen-bond donors (Lipinski definition) is 0. The van der Waals surface area contributed by atoms with Crippen LogP contribution in [-0.2, 0) is 19.3 Å². The van der Waals surface area contributed by atoms with Crippen LogP contribution in [0.1, 0.15) is 46.5 Å². The molecule has 5 aromatic carbocycles. The Bertz CT molecular complexity index is 2160. The number of rotatable bonds is 5. The van der Waals surface area contributed by atoms with Gasteiger partial charge < -0.3 is 9.13 Å². The molecule has 0 radical (unpaired) electrons. The first-order chi connectivity index (χ1) is 22.3. The van der Waals surface area contributed by atoms with Gasteiger partial charge in [0.25, 0.3) is 0 Å². The Morgan fingerprint density at radius 2 is 0.889 bits per heavy atom. The van der Waals surface area contributed by atoms with Crippen LogP contribution >= 0.6 is 0 Å². The van der Waals surface area contributed by atoms with Crippen molar-refractivity contribution in [2.24, 2.45) is 0 Å². The quantitative estimate of drug-likeness (QED) is 0.192. The van der Waals surface area contributed by atoms with Gasteiger partial charge in [0.2, 0.25) is 0 Å². The first-order valence-corrected chi connectivity index (χ1v) is 16.2. The molecule has 0 saturated heterocycles. The van der Waals surface area contributed by atoms with E-state index in [1.165, 1.54) is 66.8 Å². The maximum Gasteiger partial charge on any atom is 0.0541 e. The Morgan fingerprint density at radius 1 is 0.444 bits per heavy atom. The van der Waals surface area contributed by atoms with Crippen LogP contribution in [0.3, 0.4) is 0 Å². The second-order valence-electron chi connectivity index (χ2n) is 12.4. The second-order valence-corrected chi connectivity index (χ2v) is 12.4. The summed E-state index contributed by atoms with van der Waals surface area (Å²) in [4.78, 5) is 0. The first-order valence-electron chi connectivity index (χ1n) is 16.2. The average molecular weight is 579 g/mol. The van der Waals surface area contributed by atoms with Gasteiger partial charge in [0, 0.05) is 33.5 Å². The van der Waals surface area contributed by atoms with E-state index in [4.69, 9.17) is 0 Å². The number of aromatic nitrogens is 2. The topological polar surface area (TPSA) is 9.86 Å². The lowest BCUT2D eigenvalue weighted by molar-refractivity contribution is 0.922. The lowest BCUT2D eigenvalue weighted by Gasteiger charge is -2.14. The normalized spacial score (nSPS) is 13.8. The molecule has 45 heavy (non-hydrogen) atoms. The van der Waals surface area contributed by atoms with Crippen LogP contribution in [0.4, 0.5) is 0 Å². The summed E-state index contributed by atoms with van der Waals surface area (Å²) in [7, 11) is 0. The molecule has 2 nitrogen and oxygen atoms in total. The molecule has 0 saturated carbocycles. The minimum Gasteiger partial charge on any atom is -0.310 e. The third-order valence-corrected chi connectivity index (χ3v) is 9.73. The SMILES string of the molecule is C1=Cc2c(c3c(n2-c2ccc(-c4ccc(Cc5ccc(-n6c7ccccc7c7ccccc76)cc5)cc4)cc2)C=CCC3)CC1. The fourth-order valence-electron chi connectivity index (χ4n) is 7.56. The van der Waals surface area contributed by atoms with Gasteiger partial charge in [0.1, 0.15) is 0 Å². The van der Waals surface area contributed by atoms with Crippen molar-refractivity contribution in [3.05, 3.63) is 167 Å². The highest BCUT2D eigenvalue weighted by atomic mass is 15.0. The molecule has 0 bridgehead atoms. The predicted octanol–water partition coefficient (Wildman–Crippen LogP) is 10.8. The molecule has 2 aliphatic carbocycles. The minimum atomic E-state index is 0.914. The van der Waals surface area contributed by atoms with E-state index in [-0.39, 0.29) is 0 Å². The van der Waals surface area contributed by atoms with E-state index >= 15 is 0 Å². The number of allylic oxidation sites excluding steroid dienone is 2. The molecule has 0 unspecified atom stereocenters. The summed E-state index contributed by atoms with van der Waals surface area (Å²) in [6.07, 6.45) is 14.8. The Morgan fingerprint density at radius 3 is 1.44 bits per heavy atom. The molecular weight excluding hydrogens is 544 g/mol. The lowest BCUT2D eigenvalue weighted by atomic mass is 9.94. The van der Waals surface area contributed by atoms with Crippen LogP contribution in [0.2, 0.25) is 0 Å². The van der Waals surface area contributed by atoms with Gasteiger partial charge in [-0.3, -0.25) is 0 Å². The summed E-state index contributed by atoms with van der Waals surface area (Å²) >= 11 is 0. The molecule has 0 atom stereocenters. The second kappa shape index (κ2) is 10.7. The molecule has 216 valence electrons. The molecule has 9 rings (SSSR count). The summed E-state index contributed by atoms with van der Waals surface area (Å²) in [5, 5.41) is 2.59. The zero-order valence-electron chi connectivity index (χ0n) is 25.3. The van der Waals surface area contributed by atoms with Gasteiger partial charge in [0.15, 0.2) is 0 Å². The van der Waals surface area contributed by atoms with Crippen molar-refractivity contribution in [1.82, 2.24) is 9.13 Å². The minimum absolute atomic E-state index is 0.914. The summed E-state index contributed by atoms with van der Waals surface area (Å²) in [5.41, 5.74) is 15.9. The maximum atomic E-state index is 2.47. The molecule has 7 aromatic rings. The van der Waals surface area contributed by atoms with Crippen LogP contribution < -0.4 is 0 Å². The zero-order chi connectivity index (χ0) is 29.7. The number of para-hydroxylation sites is 2. The van der Waals surface area contributed by atoms with Crippen molar-refractivity contribution in [3.63, 3.8) is 0 Å². The Kier molecular flexibility index (Phi) is 6.19. The maximum absolute atomic E-state index is 2.47. The number of hydrogen-bond acceptors (Lipinski definition) is 0. The predicted molar refractivity (Wildman–Crippen MR) is 190 cm³/mol. The molecule has 0 aliphatic heterocycles. The van der Waals surface area contributed by atoms with E-state index < -0.39 is 0 Å². The Labute approximate surface area is 264 Å². The van der Waals surface area contributed by atoms with Crippen molar-refractivity contribution in [3.8, 4) is 22.5 Å². The molecule has 0 spiro atoms. The van der Waals surface area contributed by atoms with Crippen molar-refractivity contribution in [2.75, 3.05) is 0 Å². The highest BCUT2D eigenvalue weighted by Gasteiger charge is 2.23. The highest BCUT2D eigenvalue weighted by molar-refractivity contribution is 6.09. The summed E-state index contributed by atoms with van der Waals surface area (Å²) in [6, 6.07) is 44.6. The third kappa shape index (κ3) is 4.40. The van der Waals surface area contributed by atoms with E-state index in [0.29, 0.717) is 0 Å². The number of nitrogens with zero attached hydrogens (tertiary/aromatic N) is 2. The van der Waals surface area contributed by atoms with Crippen molar-refractivity contribution in [1.29, 1.82) is 0 Å². The van der Waals surface area contributed by atoms with Crippen LogP contribution in [0.5, 0.6) is 0 Å². The van der Waals surface area contributed by atoms with Crippen LogP contribution in [0, 0.1) is 0 Å². The molecule has 0 N–H and O–H groups in total. The van der Waals surface area contributed by atoms with E-state index in [2.05, 4.69) is 155 Å². The molecule has 2 heterocycles. The van der Waals surface area contributed by atoms with E-state index in [1.807, 2.05) is 0 Å². The Hall–Kier alpha value is -5.34. The van der Waals surface area contributed by atoms with Crippen LogP contribution in [0.25, 0.3) is 56.5 Å². The van der Waals surface area contributed by atoms with Gasteiger partial charge in [-0.1, -0.05) is 97.1 Å². The smallest absolute Gasteiger partial charge is 0.0541 e. The Balaban J connectivity index is 0.953. The summed E-state index contributed by atoms with van der Waals surface area (Å²) in [6.45, 7) is 0. The molecule has 0 amide bonds. The van der Waals surface area contributed by atoms with Gasteiger partial charge in [-0.25, -0.2) is 0 Å². The van der Waals surface area contributed by atoms with Gasteiger partial charge >= 0.3 is 0 Å². The van der Waals surface area contributed by atoms with Crippen molar-refractivity contribution in [2.45, 2.75) is 32.1 Å². The van der Waals surface area contributed by atoms with Gasteiger partial charge in [0.05, 0.1) is 11.0 Å². The average Bonchev–Trinajstić information content (AvgIpc) is 3.62. The highest BCUT2D eigenvalue weighted by Crippen LogP contribution is 2.36. The van der Waals surface area contributed by atoms with Gasteiger partial charge in [-0.05, 0) is 114 Å². The van der Waals surface area contributed by atoms with E-state index in [9.17, 15) is 0 Å².